The highest BCUT2D eigenvalue weighted by atomic mass is 28.3. The van der Waals surface area contributed by atoms with Crippen molar-refractivity contribution in [1.29, 1.82) is 0 Å². The minimum atomic E-state index is -2.38. The highest BCUT2D eigenvalue weighted by molar-refractivity contribution is 6.91. The van der Waals surface area contributed by atoms with Crippen molar-refractivity contribution in [2.24, 2.45) is 5.92 Å². The molecule has 3 fully saturated rings. The minimum absolute atomic E-state index is 0.0509. The zero-order chi connectivity index (χ0) is 45.6. The molecule has 2 amide bonds. The van der Waals surface area contributed by atoms with E-state index >= 15 is 4.79 Å². The van der Waals surface area contributed by atoms with Crippen LogP contribution in [-0.2, 0) is 33.0 Å². The number of amides is 2. The van der Waals surface area contributed by atoms with Crippen molar-refractivity contribution in [3.63, 3.8) is 0 Å². The molecular formula is C53H59N7O5Si. The lowest BCUT2D eigenvalue weighted by Crippen LogP contribution is -2.55. The number of aryl methyl sites for hydroxylation is 1. The molecule has 340 valence electrons. The monoisotopic (exact) mass is 901 g/mol. The first-order chi connectivity index (χ1) is 32.1. The number of aliphatic hydroxyl groups excluding tert-OH is 1. The van der Waals surface area contributed by atoms with E-state index in [2.05, 4.69) is 83.0 Å². The molecule has 2 N–H and O–H groups in total. The second-order valence-corrected chi connectivity index (χ2v) is 23.7. The first-order valence-corrected chi connectivity index (χ1v) is 26.4. The first-order valence-electron chi connectivity index (χ1n) is 23.3. The number of carbonyl (C=O) groups is 2. The summed E-state index contributed by atoms with van der Waals surface area (Å²) in [6.45, 7) is 9.89. The average molecular weight is 902 g/mol. The van der Waals surface area contributed by atoms with Gasteiger partial charge in [-0.2, -0.15) is 0 Å². The summed E-state index contributed by atoms with van der Waals surface area (Å²) in [5.74, 6) is 0.446. The Kier molecular flexibility index (Phi) is 11.7. The van der Waals surface area contributed by atoms with Gasteiger partial charge in [-0.3, -0.25) is 19.2 Å². The molecule has 6 aromatic rings. The maximum absolute atomic E-state index is 15.5. The summed E-state index contributed by atoms with van der Waals surface area (Å²) in [4.78, 5) is 36.0. The molecule has 0 saturated carbocycles. The Hall–Kier alpha value is -6.12. The molecule has 1 unspecified atom stereocenters. The number of methoxy groups -OCH3 is 1. The summed E-state index contributed by atoms with van der Waals surface area (Å²) in [5, 5.41) is 24.1. The number of hydrogen-bond acceptors (Lipinski definition) is 9. The molecule has 10 rings (SSSR count). The molecule has 5 atom stereocenters. The van der Waals surface area contributed by atoms with Crippen LogP contribution in [-0.4, -0.2) is 85.1 Å². The SMILES string of the molecule is COc1ccc([Si](C)(C)[C@@H]2[C@@H](CCn3cc(C(CO)c4ccccc4)nn3)O[C@]3(C(=O)N(Cc4ccc(N5CN(c6ccccc6)C6(CCNCC6)C5=O)cc4)c4ccccc43)[C@H]2C)cc1. The van der Waals surface area contributed by atoms with Gasteiger partial charge < -0.3 is 29.7 Å². The third-order valence-electron chi connectivity index (χ3n) is 15.2. The summed E-state index contributed by atoms with van der Waals surface area (Å²) in [6, 6.07) is 44.9. The van der Waals surface area contributed by atoms with Gasteiger partial charge >= 0.3 is 0 Å². The number of aliphatic hydroxyl groups is 1. The molecule has 4 aliphatic heterocycles. The van der Waals surface area contributed by atoms with E-state index in [0.29, 0.717) is 31.9 Å². The second-order valence-electron chi connectivity index (χ2n) is 19.0. The van der Waals surface area contributed by atoms with E-state index in [9.17, 15) is 9.90 Å². The zero-order valence-corrected chi connectivity index (χ0v) is 39.2. The van der Waals surface area contributed by atoms with Crippen molar-refractivity contribution in [3.8, 4) is 5.75 Å². The lowest BCUT2D eigenvalue weighted by molar-refractivity contribution is -0.146. The predicted molar refractivity (Wildman–Crippen MR) is 260 cm³/mol. The molecule has 1 aromatic heterocycles. The Labute approximate surface area is 388 Å². The quantitative estimate of drug-likeness (QED) is 0.116. The smallest absolute Gasteiger partial charge is 0.264 e. The van der Waals surface area contributed by atoms with Gasteiger partial charge in [0.1, 0.15) is 11.3 Å². The third kappa shape index (κ3) is 7.32. The van der Waals surface area contributed by atoms with Gasteiger partial charge in [0.25, 0.3) is 11.8 Å². The van der Waals surface area contributed by atoms with E-state index in [1.165, 1.54) is 5.19 Å². The molecule has 13 heteroatoms. The Bertz CT molecular complexity index is 2670. The molecular weight excluding hydrogens is 843 g/mol. The molecule has 66 heavy (non-hydrogen) atoms. The standard InChI is InChI=1S/C53H59N7O5Si/c1-37-49(66(3,4)43-25-23-42(64-2)24-26-43)48(27-32-57-34-46(55-56-57)44(35-61)39-13-7-5-8-14-39)65-53(37)45-17-11-12-18-47(45)58(51(53)63)33-38-19-21-40(22-20-38)59-36-60(41-15-9-6-10-16-41)52(50(59)62)28-30-54-31-29-52/h5-26,34,37,44,48-49,54,61H,27-33,35-36H2,1-4H3/t37-,44?,48+,49-,53+/m0/s1. The number of piperidine rings is 1. The van der Waals surface area contributed by atoms with Crippen LogP contribution >= 0.6 is 0 Å². The van der Waals surface area contributed by atoms with Gasteiger partial charge in [-0.1, -0.05) is 121 Å². The number of nitrogens with zero attached hydrogens (tertiary/aromatic N) is 6. The van der Waals surface area contributed by atoms with Crippen LogP contribution in [0.25, 0.3) is 0 Å². The van der Waals surface area contributed by atoms with Crippen LogP contribution in [0.15, 0.2) is 140 Å². The topological polar surface area (TPSA) is 125 Å². The highest BCUT2D eigenvalue weighted by Crippen LogP contribution is 2.60. The highest BCUT2D eigenvalue weighted by Gasteiger charge is 2.66. The Morgan fingerprint density at radius 2 is 1.53 bits per heavy atom. The molecule has 4 aliphatic rings. The van der Waals surface area contributed by atoms with Crippen LogP contribution in [0.3, 0.4) is 0 Å². The summed E-state index contributed by atoms with van der Waals surface area (Å²) >= 11 is 0. The molecule has 0 radical (unpaired) electrons. The molecule has 0 bridgehead atoms. The molecule has 2 spiro atoms. The molecule has 5 aromatic carbocycles. The maximum atomic E-state index is 15.5. The molecule has 12 nitrogen and oxygen atoms in total. The number of benzene rings is 5. The number of rotatable bonds is 13. The first kappa shape index (κ1) is 43.8. The van der Waals surface area contributed by atoms with E-state index in [0.717, 1.165) is 65.4 Å². The summed E-state index contributed by atoms with van der Waals surface area (Å²) in [6.07, 6.45) is 3.77. The van der Waals surface area contributed by atoms with Gasteiger partial charge in [0, 0.05) is 35.6 Å². The summed E-state index contributed by atoms with van der Waals surface area (Å²) in [7, 11) is -0.701. The van der Waals surface area contributed by atoms with Gasteiger partial charge in [0.05, 0.1) is 58.4 Å². The zero-order valence-electron chi connectivity index (χ0n) is 38.2. The van der Waals surface area contributed by atoms with Crippen molar-refractivity contribution in [2.45, 2.75) is 81.1 Å². The van der Waals surface area contributed by atoms with Gasteiger partial charge in [-0.25, -0.2) is 0 Å². The van der Waals surface area contributed by atoms with Crippen molar-refractivity contribution < 1.29 is 24.2 Å². The minimum Gasteiger partial charge on any atom is -0.497 e. The largest absolute Gasteiger partial charge is 0.497 e. The van der Waals surface area contributed by atoms with Crippen molar-refractivity contribution >= 4 is 42.1 Å². The van der Waals surface area contributed by atoms with Crippen molar-refractivity contribution in [1.82, 2.24) is 20.3 Å². The van der Waals surface area contributed by atoms with E-state index in [1.54, 1.807) is 7.11 Å². The number of carbonyl (C=O) groups excluding carboxylic acids is 2. The van der Waals surface area contributed by atoms with Crippen LogP contribution in [0, 0.1) is 5.92 Å². The third-order valence-corrected chi connectivity index (χ3v) is 19.6. The molecule has 0 aliphatic carbocycles. The fourth-order valence-electron chi connectivity index (χ4n) is 11.7. The van der Waals surface area contributed by atoms with E-state index in [1.807, 2.05) is 112 Å². The van der Waals surface area contributed by atoms with E-state index < -0.39 is 19.2 Å². The Morgan fingerprint density at radius 3 is 2.23 bits per heavy atom. The fourth-order valence-corrected chi connectivity index (χ4v) is 15.8. The van der Waals surface area contributed by atoms with Gasteiger partial charge in [0.2, 0.25) is 0 Å². The number of ether oxygens (including phenoxy) is 2. The van der Waals surface area contributed by atoms with Crippen LogP contribution in [0.1, 0.15) is 54.5 Å². The average Bonchev–Trinajstić information content (AvgIpc) is 4.08. The lowest BCUT2D eigenvalue weighted by Gasteiger charge is -2.39. The van der Waals surface area contributed by atoms with E-state index in [4.69, 9.17) is 9.47 Å². The van der Waals surface area contributed by atoms with Gasteiger partial charge in [-0.15, -0.1) is 5.10 Å². The number of para-hydroxylation sites is 2. The number of hydrogen-bond donors (Lipinski definition) is 2. The summed E-state index contributed by atoms with van der Waals surface area (Å²) in [5.41, 5.74) is 4.58. The van der Waals surface area contributed by atoms with Gasteiger partial charge in [0.15, 0.2) is 5.60 Å². The maximum Gasteiger partial charge on any atom is 0.264 e. The molecule has 5 heterocycles. The number of fused-ring (bicyclic) bond motifs is 2. The number of anilines is 3. The fraction of sp³-hybridized carbons (Fsp3) is 0.358. The number of nitrogens with one attached hydrogen (secondary N) is 1. The summed E-state index contributed by atoms with van der Waals surface area (Å²) < 4.78 is 14.8. The van der Waals surface area contributed by atoms with Crippen molar-refractivity contribution in [2.75, 3.05) is 48.2 Å². The normalized spacial score (nSPS) is 23.0. The van der Waals surface area contributed by atoms with Crippen LogP contribution in [0.4, 0.5) is 17.1 Å². The van der Waals surface area contributed by atoms with Crippen LogP contribution in [0.5, 0.6) is 5.75 Å². The molecule has 3 saturated heterocycles. The van der Waals surface area contributed by atoms with Gasteiger partial charge in [-0.05, 0) is 91.5 Å². The second kappa shape index (κ2) is 17.6. The Balaban J connectivity index is 0.936. The van der Waals surface area contributed by atoms with E-state index in [-0.39, 0.29) is 41.9 Å². The predicted octanol–water partition coefficient (Wildman–Crippen LogP) is 7.20. The van der Waals surface area contributed by atoms with Crippen molar-refractivity contribution in [3.05, 3.63) is 162 Å². The van der Waals surface area contributed by atoms with Crippen LogP contribution in [0.2, 0.25) is 18.6 Å². The Morgan fingerprint density at radius 1 is 0.848 bits per heavy atom. The van der Waals surface area contributed by atoms with Crippen LogP contribution < -0.4 is 29.9 Å². The lowest BCUT2D eigenvalue weighted by atomic mass is 9.82. The number of aromatic nitrogens is 3.